The molecule has 3 aromatic rings. The molecule has 5 rings (SSSR count). The van der Waals surface area contributed by atoms with Crippen LogP contribution in [0.4, 0.5) is 0 Å². The molecule has 0 atom stereocenters. The number of nitrogens with zero attached hydrogens (tertiary/aromatic N) is 1. The van der Waals surface area contributed by atoms with Gasteiger partial charge in [0.1, 0.15) is 0 Å². The highest BCUT2D eigenvalue weighted by atomic mass is 32.1. The first kappa shape index (κ1) is 23.9. The number of piperidine rings is 1. The fourth-order valence-electron chi connectivity index (χ4n) is 5.16. The van der Waals surface area contributed by atoms with Crippen LogP contribution in [0.2, 0.25) is 0 Å². The number of carboxylic acids is 1. The Labute approximate surface area is 211 Å². The number of benzene rings is 2. The van der Waals surface area contributed by atoms with Crippen molar-refractivity contribution in [3.63, 3.8) is 0 Å². The number of hydrogen-bond donors (Lipinski definition) is 1. The molecule has 1 aliphatic heterocycles. The molecule has 2 heterocycles. The maximum absolute atomic E-state index is 11.3. The van der Waals surface area contributed by atoms with Gasteiger partial charge in [0.25, 0.3) is 0 Å². The predicted molar refractivity (Wildman–Crippen MR) is 141 cm³/mol. The Morgan fingerprint density at radius 2 is 1.66 bits per heavy atom. The van der Waals surface area contributed by atoms with Crippen molar-refractivity contribution >= 4 is 17.3 Å². The highest BCUT2D eigenvalue weighted by Crippen LogP contribution is 2.42. The minimum Gasteiger partial charge on any atom is -0.493 e. The van der Waals surface area contributed by atoms with Crippen LogP contribution in [0.25, 0.3) is 20.9 Å². The standard InChI is InChI=1S/C29H33NO4S/c1-33-25-14-13-22(17-26(25)34-24-7-3-4-8-24)27-18-23(19-30-15-5-2-6-16-30)28(35-27)20-9-11-21(12-10-20)29(31)32/h9-14,17-18,24H,2-8,15-16,19H2,1H3,(H,31,32). The lowest BCUT2D eigenvalue weighted by Crippen LogP contribution is -2.29. The number of hydrogen-bond acceptors (Lipinski definition) is 5. The number of methoxy groups -OCH3 is 1. The number of likely N-dealkylation sites (tertiary alicyclic amines) is 1. The zero-order chi connectivity index (χ0) is 24.2. The maximum atomic E-state index is 11.3. The second-order valence-corrected chi connectivity index (χ2v) is 10.6. The van der Waals surface area contributed by atoms with Gasteiger partial charge in [0.15, 0.2) is 11.5 Å². The zero-order valence-corrected chi connectivity index (χ0v) is 21.1. The first-order chi connectivity index (χ1) is 17.1. The lowest BCUT2D eigenvalue weighted by Gasteiger charge is -2.26. The number of ether oxygens (including phenoxy) is 2. The summed E-state index contributed by atoms with van der Waals surface area (Å²) in [5.41, 5.74) is 3.79. The van der Waals surface area contributed by atoms with Crippen molar-refractivity contribution in [1.29, 1.82) is 0 Å². The van der Waals surface area contributed by atoms with E-state index in [4.69, 9.17) is 9.47 Å². The molecular weight excluding hydrogens is 458 g/mol. The van der Waals surface area contributed by atoms with Crippen molar-refractivity contribution in [2.24, 2.45) is 0 Å². The van der Waals surface area contributed by atoms with Crippen LogP contribution in [0.1, 0.15) is 60.9 Å². The first-order valence-corrected chi connectivity index (χ1v) is 13.5. The summed E-state index contributed by atoms with van der Waals surface area (Å²) in [4.78, 5) is 16.3. The molecule has 1 aromatic heterocycles. The fourth-order valence-corrected chi connectivity index (χ4v) is 6.34. The van der Waals surface area contributed by atoms with Gasteiger partial charge in [0.05, 0.1) is 18.8 Å². The molecule has 6 heteroatoms. The molecule has 1 saturated heterocycles. The van der Waals surface area contributed by atoms with Gasteiger partial charge in [0, 0.05) is 16.3 Å². The average molecular weight is 492 g/mol. The average Bonchev–Trinajstić information content (AvgIpc) is 3.55. The van der Waals surface area contributed by atoms with Crippen LogP contribution in [0.5, 0.6) is 11.5 Å². The third kappa shape index (κ3) is 5.54. The Kier molecular flexibility index (Phi) is 7.40. The van der Waals surface area contributed by atoms with Crippen LogP contribution in [-0.4, -0.2) is 42.3 Å². The van der Waals surface area contributed by atoms with Crippen LogP contribution in [0.3, 0.4) is 0 Å². The lowest BCUT2D eigenvalue weighted by atomic mass is 10.0. The molecule has 2 fully saturated rings. The molecular formula is C29H33NO4S. The quantitative estimate of drug-likeness (QED) is 0.364. The molecule has 1 saturated carbocycles. The molecule has 2 aromatic carbocycles. The highest BCUT2D eigenvalue weighted by Gasteiger charge is 2.21. The number of carboxylic acid groups (broad SMARTS) is 1. The molecule has 35 heavy (non-hydrogen) atoms. The number of carbonyl (C=O) groups is 1. The molecule has 0 amide bonds. The van der Waals surface area contributed by atoms with E-state index in [1.54, 1.807) is 30.6 Å². The molecule has 2 aliphatic rings. The SMILES string of the molecule is COc1ccc(-c2cc(CN3CCCCC3)c(-c3ccc(C(=O)O)cc3)s2)cc1OC1CCCC1. The summed E-state index contributed by atoms with van der Waals surface area (Å²) in [6.45, 7) is 3.17. The Morgan fingerprint density at radius 3 is 2.34 bits per heavy atom. The van der Waals surface area contributed by atoms with E-state index in [0.29, 0.717) is 5.56 Å². The number of rotatable bonds is 8. The number of thiophene rings is 1. The lowest BCUT2D eigenvalue weighted by molar-refractivity contribution is 0.0697. The summed E-state index contributed by atoms with van der Waals surface area (Å²) >= 11 is 1.76. The van der Waals surface area contributed by atoms with Gasteiger partial charge in [-0.3, -0.25) is 4.90 Å². The van der Waals surface area contributed by atoms with Gasteiger partial charge in [-0.25, -0.2) is 4.79 Å². The van der Waals surface area contributed by atoms with Gasteiger partial charge in [-0.2, -0.15) is 0 Å². The van der Waals surface area contributed by atoms with Crippen LogP contribution in [0, 0.1) is 0 Å². The van der Waals surface area contributed by atoms with E-state index in [-0.39, 0.29) is 6.10 Å². The van der Waals surface area contributed by atoms with E-state index in [9.17, 15) is 9.90 Å². The molecule has 1 aliphatic carbocycles. The molecule has 0 spiro atoms. The van der Waals surface area contributed by atoms with E-state index in [0.717, 1.165) is 55.1 Å². The third-order valence-corrected chi connectivity index (χ3v) is 8.37. The minimum absolute atomic E-state index is 0.264. The van der Waals surface area contributed by atoms with E-state index < -0.39 is 5.97 Å². The van der Waals surface area contributed by atoms with Crippen LogP contribution < -0.4 is 9.47 Å². The van der Waals surface area contributed by atoms with E-state index in [1.807, 2.05) is 18.2 Å². The molecule has 0 unspecified atom stereocenters. The second-order valence-electron chi connectivity index (χ2n) is 9.57. The van der Waals surface area contributed by atoms with Crippen molar-refractivity contribution in [2.45, 2.75) is 57.6 Å². The summed E-state index contributed by atoms with van der Waals surface area (Å²) in [5.74, 6) is 0.690. The van der Waals surface area contributed by atoms with E-state index in [1.165, 1.54) is 47.4 Å². The Bertz CT molecular complexity index is 1160. The number of aromatic carboxylic acids is 1. The van der Waals surface area contributed by atoms with Crippen LogP contribution in [0.15, 0.2) is 48.5 Å². The van der Waals surface area contributed by atoms with Crippen molar-refractivity contribution in [1.82, 2.24) is 4.90 Å². The topological polar surface area (TPSA) is 59.0 Å². The van der Waals surface area contributed by atoms with Crippen molar-refractivity contribution in [2.75, 3.05) is 20.2 Å². The third-order valence-electron chi connectivity index (χ3n) is 7.09. The monoisotopic (exact) mass is 491 g/mol. The summed E-state index contributed by atoms with van der Waals surface area (Å²) < 4.78 is 12.0. The summed E-state index contributed by atoms with van der Waals surface area (Å²) in [7, 11) is 1.69. The van der Waals surface area contributed by atoms with Crippen molar-refractivity contribution in [3.8, 4) is 32.4 Å². The first-order valence-electron chi connectivity index (χ1n) is 12.6. The molecule has 1 N–H and O–H groups in total. The van der Waals surface area contributed by atoms with Gasteiger partial charge in [-0.15, -0.1) is 11.3 Å². The summed E-state index contributed by atoms with van der Waals surface area (Å²) in [6, 6.07) is 15.8. The molecule has 0 radical (unpaired) electrons. The van der Waals surface area contributed by atoms with Gasteiger partial charge in [-0.05, 0) is 105 Å². The second kappa shape index (κ2) is 10.8. The maximum Gasteiger partial charge on any atom is 0.335 e. The van der Waals surface area contributed by atoms with Gasteiger partial charge in [-0.1, -0.05) is 18.6 Å². The largest absolute Gasteiger partial charge is 0.493 e. The summed E-state index contributed by atoms with van der Waals surface area (Å²) in [5, 5.41) is 9.31. The van der Waals surface area contributed by atoms with Crippen LogP contribution >= 0.6 is 11.3 Å². The minimum atomic E-state index is -0.898. The fraction of sp³-hybridized carbons (Fsp3) is 0.414. The van der Waals surface area contributed by atoms with Gasteiger partial charge < -0.3 is 14.6 Å². The van der Waals surface area contributed by atoms with Crippen molar-refractivity contribution < 1.29 is 19.4 Å². The Hall–Kier alpha value is -2.83. The van der Waals surface area contributed by atoms with Gasteiger partial charge >= 0.3 is 5.97 Å². The molecule has 5 nitrogen and oxygen atoms in total. The van der Waals surface area contributed by atoms with Crippen LogP contribution in [-0.2, 0) is 6.54 Å². The molecule has 184 valence electrons. The van der Waals surface area contributed by atoms with E-state index >= 15 is 0 Å². The normalized spacial score (nSPS) is 16.9. The zero-order valence-electron chi connectivity index (χ0n) is 20.3. The highest BCUT2D eigenvalue weighted by molar-refractivity contribution is 7.19. The van der Waals surface area contributed by atoms with E-state index in [2.05, 4.69) is 23.1 Å². The van der Waals surface area contributed by atoms with Crippen molar-refractivity contribution in [3.05, 3.63) is 59.7 Å². The smallest absolute Gasteiger partial charge is 0.335 e. The molecule has 0 bridgehead atoms. The Morgan fingerprint density at radius 1 is 0.943 bits per heavy atom. The van der Waals surface area contributed by atoms with Gasteiger partial charge in [0.2, 0.25) is 0 Å². The Balaban J connectivity index is 1.49. The summed E-state index contributed by atoms with van der Waals surface area (Å²) in [6.07, 6.45) is 8.72. The predicted octanol–water partition coefficient (Wildman–Crippen LogP) is 7.10.